The van der Waals surface area contributed by atoms with E-state index in [1.54, 1.807) is 18.2 Å². The topological polar surface area (TPSA) is 158 Å². The Balaban J connectivity index is 1.67. The zero-order chi connectivity index (χ0) is 30.1. The monoisotopic (exact) mass is 602 g/mol. The van der Waals surface area contributed by atoms with E-state index in [-0.39, 0.29) is 23.7 Å². The number of aromatic hydroxyl groups is 1. The largest absolute Gasteiger partial charge is 0.505 e. The highest BCUT2D eigenvalue weighted by atomic mass is 35.5. The first kappa shape index (κ1) is 29.9. The van der Waals surface area contributed by atoms with Crippen molar-refractivity contribution >= 4 is 45.0 Å². The standard InChI is InChI=1S/C28H31ClN4O7S/c1-16-7-4-11-21(29)20(16)15-33-23-12-6-10-19(23)26(36)25(27(33)37)31-28(38)30-22(14-24(34)35)17-8-5-9-18(13-17)32(2)41(3,39)40/h4-5,7-9,11,13,22,36H,6,10,12,14-15H2,1-3H3,(H,34,35)(H2,30,31,38)/t22-/m0/s1. The van der Waals surface area contributed by atoms with E-state index in [1.807, 2.05) is 19.1 Å². The molecular weight excluding hydrogens is 572 g/mol. The number of benzene rings is 2. The molecule has 1 aromatic heterocycles. The maximum absolute atomic E-state index is 13.6. The van der Waals surface area contributed by atoms with E-state index in [2.05, 4.69) is 10.6 Å². The maximum atomic E-state index is 13.6. The van der Waals surface area contributed by atoms with Crippen LogP contribution in [0.5, 0.6) is 5.75 Å². The number of halogens is 1. The molecule has 218 valence electrons. The first-order chi connectivity index (χ1) is 19.3. The number of carboxylic acid groups (broad SMARTS) is 1. The lowest BCUT2D eigenvalue weighted by atomic mass is 10.0. The molecule has 3 aromatic rings. The highest BCUT2D eigenvalue weighted by Gasteiger charge is 2.28. The van der Waals surface area contributed by atoms with Crippen molar-refractivity contribution in [3.63, 3.8) is 0 Å². The van der Waals surface area contributed by atoms with Gasteiger partial charge >= 0.3 is 12.0 Å². The molecule has 2 amide bonds. The van der Waals surface area contributed by atoms with Gasteiger partial charge in [-0.15, -0.1) is 0 Å². The van der Waals surface area contributed by atoms with Gasteiger partial charge in [0, 0.05) is 23.3 Å². The summed E-state index contributed by atoms with van der Waals surface area (Å²) in [5.74, 6) is -1.54. The van der Waals surface area contributed by atoms with Crippen LogP contribution in [0.3, 0.4) is 0 Å². The quantitative estimate of drug-likeness (QED) is 0.290. The van der Waals surface area contributed by atoms with E-state index in [0.717, 1.165) is 28.1 Å². The molecule has 0 spiro atoms. The summed E-state index contributed by atoms with van der Waals surface area (Å²) in [7, 11) is -2.23. The van der Waals surface area contributed by atoms with Crippen molar-refractivity contribution in [1.29, 1.82) is 0 Å². The Morgan fingerprint density at radius 1 is 1.17 bits per heavy atom. The number of carbonyl (C=O) groups is 2. The molecule has 2 aromatic carbocycles. The molecular formula is C28H31ClN4O7S. The second-order valence-electron chi connectivity index (χ2n) is 10.0. The van der Waals surface area contributed by atoms with Gasteiger partial charge < -0.3 is 25.4 Å². The third-order valence-corrected chi connectivity index (χ3v) is 8.78. The number of aliphatic carboxylic acids is 1. The SMILES string of the molecule is Cc1cccc(Cl)c1Cn1c2c(c(O)c(NC(=O)N[C@@H](CC(=O)O)c3cccc(N(C)S(C)(=O)=O)c3)c1=O)CCC2. The molecule has 11 nitrogen and oxygen atoms in total. The molecule has 0 fully saturated rings. The van der Waals surface area contributed by atoms with E-state index in [9.17, 15) is 33.0 Å². The number of aryl methyl sites for hydroxylation is 1. The second kappa shape index (κ2) is 11.8. The molecule has 4 rings (SSSR count). The van der Waals surface area contributed by atoms with Crippen LogP contribution < -0.4 is 20.5 Å². The Labute approximate surface area is 242 Å². The summed E-state index contributed by atoms with van der Waals surface area (Å²) >= 11 is 6.42. The molecule has 0 saturated heterocycles. The lowest BCUT2D eigenvalue weighted by Gasteiger charge is -2.22. The van der Waals surface area contributed by atoms with Crippen LogP contribution in [0.25, 0.3) is 0 Å². The number of nitrogens with one attached hydrogen (secondary N) is 2. The molecule has 4 N–H and O–H groups in total. The predicted octanol–water partition coefficient (Wildman–Crippen LogP) is 3.79. The number of hydrogen-bond donors (Lipinski definition) is 4. The highest BCUT2D eigenvalue weighted by molar-refractivity contribution is 7.92. The summed E-state index contributed by atoms with van der Waals surface area (Å²) < 4.78 is 26.5. The van der Waals surface area contributed by atoms with Gasteiger partial charge in [-0.25, -0.2) is 13.2 Å². The van der Waals surface area contributed by atoms with Gasteiger partial charge in [0.25, 0.3) is 5.56 Å². The number of fused-ring (bicyclic) bond motifs is 1. The summed E-state index contributed by atoms with van der Waals surface area (Å²) in [4.78, 5) is 38.4. The number of hydrogen-bond acceptors (Lipinski definition) is 6. The molecule has 1 aliphatic rings. The van der Waals surface area contributed by atoms with Gasteiger partial charge in [-0.1, -0.05) is 35.9 Å². The molecule has 0 bridgehead atoms. The van der Waals surface area contributed by atoms with Crippen molar-refractivity contribution in [2.75, 3.05) is 22.9 Å². The Hall–Kier alpha value is -4.03. The number of carboxylic acids is 1. The fourth-order valence-electron chi connectivity index (χ4n) is 4.96. The van der Waals surface area contributed by atoms with Gasteiger partial charge in [-0.05, 0) is 61.1 Å². The summed E-state index contributed by atoms with van der Waals surface area (Å²) in [6.45, 7) is 2.02. The van der Waals surface area contributed by atoms with Crippen molar-refractivity contribution in [3.05, 3.63) is 85.8 Å². The van der Waals surface area contributed by atoms with Crippen LogP contribution in [0.4, 0.5) is 16.2 Å². The number of carbonyl (C=O) groups excluding carboxylic acids is 1. The fourth-order valence-corrected chi connectivity index (χ4v) is 5.74. The minimum atomic E-state index is -3.59. The van der Waals surface area contributed by atoms with Crippen molar-refractivity contribution in [1.82, 2.24) is 9.88 Å². The Morgan fingerprint density at radius 3 is 2.54 bits per heavy atom. The predicted molar refractivity (Wildman–Crippen MR) is 157 cm³/mol. The molecule has 0 unspecified atom stereocenters. The fraction of sp³-hybridized carbons (Fsp3) is 0.321. The molecule has 0 radical (unpaired) electrons. The number of nitrogens with zero attached hydrogens (tertiary/aromatic N) is 2. The van der Waals surface area contributed by atoms with Gasteiger partial charge in [0.2, 0.25) is 10.0 Å². The normalized spacial score (nSPS) is 13.4. The van der Waals surface area contributed by atoms with Crippen LogP contribution in [-0.4, -0.2) is 48.5 Å². The van der Waals surface area contributed by atoms with E-state index >= 15 is 0 Å². The first-order valence-corrected chi connectivity index (χ1v) is 15.0. The zero-order valence-electron chi connectivity index (χ0n) is 22.8. The van der Waals surface area contributed by atoms with Crippen LogP contribution in [0, 0.1) is 6.92 Å². The average molecular weight is 603 g/mol. The molecule has 1 atom stereocenters. The summed E-state index contributed by atoms with van der Waals surface area (Å²) in [6, 6.07) is 9.52. The second-order valence-corrected chi connectivity index (χ2v) is 12.4. The van der Waals surface area contributed by atoms with Crippen molar-refractivity contribution in [2.45, 2.75) is 45.2 Å². The summed E-state index contributed by atoms with van der Waals surface area (Å²) in [5, 5.41) is 25.9. The maximum Gasteiger partial charge on any atom is 0.319 e. The molecule has 0 aliphatic heterocycles. The van der Waals surface area contributed by atoms with Gasteiger partial charge in [0.15, 0.2) is 5.69 Å². The number of aromatic nitrogens is 1. The van der Waals surface area contributed by atoms with Crippen molar-refractivity contribution in [2.24, 2.45) is 0 Å². The van der Waals surface area contributed by atoms with Crippen LogP contribution in [0.2, 0.25) is 5.02 Å². The van der Waals surface area contributed by atoms with Gasteiger partial charge in [-0.2, -0.15) is 0 Å². The van der Waals surface area contributed by atoms with E-state index in [1.165, 1.54) is 23.7 Å². The number of anilines is 2. The smallest absolute Gasteiger partial charge is 0.319 e. The molecule has 0 saturated carbocycles. The van der Waals surface area contributed by atoms with E-state index in [4.69, 9.17) is 11.6 Å². The molecule has 13 heteroatoms. The van der Waals surface area contributed by atoms with Crippen LogP contribution in [0.1, 0.15) is 46.8 Å². The molecule has 1 heterocycles. The number of urea groups is 1. The van der Waals surface area contributed by atoms with E-state index in [0.29, 0.717) is 34.7 Å². The van der Waals surface area contributed by atoms with Crippen LogP contribution >= 0.6 is 11.6 Å². The van der Waals surface area contributed by atoms with Crippen molar-refractivity contribution < 1.29 is 28.2 Å². The van der Waals surface area contributed by atoms with Crippen molar-refractivity contribution in [3.8, 4) is 5.75 Å². The van der Waals surface area contributed by atoms with Gasteiger partial charge in [0.05, 0.1) is 31.0 Å². The minimum Gasteiger partial charge on any atom is -0.505 e. The lowest BCUT2D eigenvalue weighted by Crippen LogP contribution is -2.37. The van der Waals surface area contributed by atoms with E-state index < -0.39 is 40.0 Å². The minimum absolute atomic E-state index is 0.144. The van der Waals surface area contributed by atoms with Crippen LogP contribution in [0.15, 0.2) is 47.3 Å². The number of pyridine rings is 1. The summed E-state index contributed by atoms with van der Waals surface area (Å²) in [5.41, 5.74) is 2.52. The van der Waals surface area contributed by atoms with Gasteiger partial charge in [0.1, 0.15) is 5.75 Å². The first-order valence-electron chi connectivity index (χ1n) is 12.8. The Kier molecular flexibility index (Phi) is 8.64. The lowest BCUT2D eigenvalue weighted by molar-refractivity contribution is -0.137. The van der Waals surface area contributed by atoms with Crippen LogP contribution in [-0.2, 0) is 34.2 Å². The Morgan fingerprint density at radius 2 is 1.88 bits per heavy atom. The number of amides is 2. The highest BCUT2D eigenvalue weighted by Crippen LogP contribution is 2.35. The zero-order valence-corrected chi connectivity index (χ0v) is 24.3. The summed E-state index contributed by atoms with van der Waals surface area (Å²) in [6.07, 6.45) is 2.32. The third kappa shape index (κ3) is 6.49. The average Bonchev–Trinajstić information content (AvgIpc) is 3.39. The Bertz CT molecular complexity index is 1670. The number of rotatable bonds is 9. The number of sulfonamides is 1. The molecule has 1 aliphatic carbocycles. The molecule has 41 heavy (non-hydrogen) atoms. The van der Waals surface area contributed by atoms with Gasteiger partial charge in [-0.3, -0.25) is 13.9 Å². The third-order valence-electron chi connectivity index (χ3n) is 7.22.